The van der Waals surface area contributed by atoms with Gasteiger partial charge in [-0.15, -0.1) is 0 Å². The van der Waals surface area contributed by atoms with Gasteiger partial charge < -0.3 is 19.9 Å². The van der Waals surface area contributed by atoms with Gasteiger partial charge >= 0.3 is 12.0 Å². The van der Waals surface area contributed by atoms with Crippen LogP contribution >= 0.6 is 0 Å². The molecule has 2 amide bonds. The smallest absolute Gasteiger partial charge is 0.340 e. The number of benzene rings is 1. The summed E-state index contributed by atoms with van der Waals surface area (Å²) in [6, 6.07) is 6.87. The lowest BCUT2D eigenvalue weighted by molar-refractivity contribution is 0.0527. The summed E-state index contributed by atoms with van der Waals surface area (Å²) >= 11 is 0. The lowest BCUT2D eigenvalue weighted by atomic mass is 9.95. The van der Waals surface area contributed by atoms with E-state index in [0.29, 0.717) is 23.8 Å². The molecule has 0 bridgehead atoms. The molecular weight excluding hydrogens is 342 g/mol. The van der Waals surface area contributed by atoms with Crippen molar-refractivity contribution in [1.29, 1.82) is 0 Å². The summed E-state index contributed by atoms with van der Waals surface area (Å²) in [6.07, 6.45) is 6.09. The predicted molar refractivity (Wildman–Crippen MR) is 106 cm³/mol. The molecule has 0 radical (unpaired) electrons. The van der Waals surface area contributed by atoms with Crippen molar-refractivity contribution >= 4 is 17.7 Å². The summed E-state index contributed by atoms with van der Waals surface area (Å²) < 4.78 is 5.07. The van der Waals surface area contributed by atoms with E-state index in [-0.39, 0.29) is 6.03 Å². The van der Waals surface area contributed by atoms with Crippen LogP contribution in [0.5, 0.6) is 0 Å². The topological polar surface area (TPSA) is 61.9 Å². The Morgan fingerprint density at radius 2 is 1.78 bits per heavy atom. The van der Waals surface area contributed by atoms with Crippen LogP contribution in [0.15, 0.2) is 24.3 Å². The number of nitrogens with one attached hydrogen (secondary N) is 1. The first kappa shape index (κ1) is 19.7. The van der Waals surface area contributed by atoms with E-state index in [1.165, 1.54) is 38.9 Å². The van der Waals surface area contributed by atoms with Crippen molar-refractivity contribution in [2.24, 2.45) is 5.92 Å². The van der Waals surface area contributed by atoms with Gasteiger partial charge in [-0.2, -0.15) is 0 Å². The van der Waals surface area contributed by atoms with Gasteiger partial charge in [0.15, 0.2) is 0 Å². The molecule has 3 rings (SSSR count). The lowest BCUT2D eigenvalue weighted by Crippen LogP contribution is -2.44. The monoisotopic (exact) mass is 373 g/mol. The number of para-hydroxylation sites is 1. The molecule has 6 heteroatoms. The summed E-state index contributed by atoms with van der Waals surface area (Å²) in [4.78, 5) is 29.2. The number of ether oxygens (including phenoxy) is 1. The Balaban J connectivity index is 1.50. The van der Waals surface area contributed by atoms with E-state index < -0.39 is 5.97 Å². The normalized spacial score (nSPS) is 18.9. The number of hydrogen-bond acceptors (Lipinski definition) is 4. The van der Waals surface area contributed by atoms with Crippen LogP contribution in [0.4, 0.5) is 10.5 Å². The minimum absolute atomic E-state index is 0.136. The quantitative estimate of drug-likeness (QED) is 0.801. The van der Waals surface area contributed by atoms with Gasteiger partial charge in [0, 0.05) is 19.6 Å². The summed E-state index contributed by atoms with van der Waals surface area (Å²) in [5.74, 6) is 0.271. The fourth-order valence-electron chi connectivity index (χ4n) is 4.00. The number of piperidine rings is 2. The Kier molecular flexibility index (Phi) is 7.10. The Hall–Kier alpha value is -2.08. The van der Waals surface area contributed by atoms with Crippen molar-refractivity contribution in [3.8, 4) is 0 Å². The van der Waals surface area contributed by atoms with Gasteiger partial charge in [0.25, 0.3) is 0 Å². The van der Waals surface area contributed by atoms with Gasteiger partial charge in [-0.25, -0.2) is 9.59 Å². The van der Waals surface area contributed by atoms with E-state index in [0.717, 1.165) is 25.9 Å². The molecule has 0 atom stereocenters. The van der Waals surface area contributed by atoms with E-state index in [4.69, 9.17) is 4.74 Å². The second kappa shape index (κ2) is 9.74. The Morgan fingerprint density at radius 1 is 1.07 bits per heavy atom. The first-order chi connectivity index (χ1) is 13.2. The van der Waals surface area contributed by atoms with Crippen molar-refractivity contribution in [1.82, 2.24) is 9.80 Å². The molecule has 27 heavy (non-hydrogen) atoms. The van der Waals surface area contributed by atoms with E-state index in [9.17, 15) is 9.59 Å². The van der Waals surface area contributed by atoms with Gasteiger partial charge in [-0.05, 0) is 63.7 Å². The molecule has 148 valence electrons. The van der Waals surface area contributed by atoms with E-state index >= 15 is 0 Å². The molecule has 0 aliphatic carbocycles. The lowest BCUT2D eigenvalue weighted by Gasteiger charge is -2.36. The van der Waals surface area contributed by atoms with E-state index in [2.05, 4.69) is 10.2 Å². The molecule has 0 spiro atoms. The second-order valence-electron chi connectivity index (χ2n) is 7.49. The van der Waals surface area contributed by atoms with Crippen molar-refractivity contribution in [3.05, 3.63) is 29.8 Å². The molecule has 1 aromatic carbocycles. The summed E-state index contributed by atoms with van der Waals surface area (Å²) in [7, 11) is 0. The average molecular weight is 373 g/mol. The maximum Gasteiger partial charge on any atom is 0.340 e. The van der Waals surface area contributed by atoms with Crippen LogP contribution in [0.3, 0.4) is 0 Å². The van der Waals surface area contributed by atoms with Crippen molar-refractivity contribution in [2.75, 3.05) is 44.6 Å². The van der Waals surface area contributed by atoms with Crippen LogP contribution < -0.4 is 5.32 Å². The highest BCUT2D eigenvalue weighted by Crippen LogP contribution is 2.22. The number of rotatable bonds is 5. The number of amides is 2. The van der Waals surface area contributed by atoms with Gasteiger partial charge in [0.05, 0.1) is 17.9 Å². The number of carbonyl (C=O) groups excluding carboxylic acids is 2. The van der Waals surface area contributed by atoms with E-state index in [1.807, 2.05) is 11.0 Å². The SMILES string of the molecule is CCOC(=O)c1ccccc1NC(=O)N1CCC(CN2CCCCC2)CC1. The van der Waals surface area contributed by atoms with Gasteiger partial charge in [-0.3, -0.25) is 0 Å². The van der Waals surface area contributed by atoms with Crippen LogP contribution in [0.2, 0.25) is 0 Å². The maximum atomic E-state index is 12.6. The Labute approximate surface area is 161 Å². The molecule has 1 aromatic rings. The largest absolute Gasteiger partial charge is 0.462 e. The van der Waals surface area contributed by atoms with Crippen molar-refractivity contribution in [2.45, 2.75) is 39.0 Å². The molecule has 2 heterocycles. The minimum atomic E-state index is -0.409. The van der Waals surface area contributed by atoms with Crippen LogP contribution in [0, 0.1) is 5.92 Å². The Bertz CT molecular complexity index is 635. The highest BCUT2D eigenvalue weighted by atomic mass is 16.5. The fraction of sp³-hybridized carbons (Fsp3) is 0.619. The molecule has 2 aliphatic heterocycles. The molecule has 2 fully saturated rings. The van der Waals surface area contributed by atoms with Crippen LogP contribution in [0.1, 0.15) is 49.4 Å². The number of anilines is 1. The van der Waals surface area contributed by atoms with Crippen LogP contribution in [-0.2, 0) is 4.74 Å². The second-order valence-corrected chi connectivity index (χ2v) is 7.49. The summed E-state index contributed by atoms with van der Waals surface area (Å²) in [5.41, 5.74) is 0.907. The van der Waals surface area contributed by atoms with Crippen molar-refractivity contribution in [3.63, 3.8) is 0 Å². The third kappa shape index (κ3) is 5.45. The molecule has 0 saturated carbocycles. The maximum absolute atomic E-state index is 12.6. The Morgan fingerprint density at radius 3 is 2.48 bits per heavy atom. The highest BCUT2D eigenvalue weighted by molar-refractivity contribution is 6.00. The minimum Gasteiger partial charge on any atom is -0.462 e. The number of nitrogens with zero attached hydrogens (tertiary/aromatic N) is 2. The zero-order valence-corrected chi connectivity index (χ0v) is 16.3. The zero-order chi connectivity index (χ0) is 19.1. The van der Waals surface area contributed by atoms with Crippen LogP contribution in [-0.4, -0.2) is 61.1 Å². The first-order valence-electron chi connectivity index (χ1n) is 10.2. The highest BCUT2D eigenvalue weighted by Gasteiger charge is 2.25. The third-order valence-electron chi connectivity index (χ3n) is 5.53. The molecular formula is C21H31N3O3. The third-order valence-corrected chi connectivity index (χ3v) is 5.53. The number of hydrogen-bond donors (Lipinski definition) is 1. The van der Waals surface area contributed by atoms with Crippen LogP contribution in [0.25, 0.3) is 0 Å². The number of likely N-dealkylation sites (tertiary alicyclic amines) is 2. The van der Waals surface area contributed by atoms with E-state index in [1.54, 1.807) is 25.1 Å². The molecule has 6 nitrogen and oxygen atoms in total. The molecule has 0 aromatic heterocycles. The van der Waals surface area contributed by atoms with Gasteiger partial charge in [0.1, 0.15) is 0 Å². The summed E-state index contributed by atoms with van der Waals surface area (Å²) in [6.45, 7) is 7.24. The average Bonchev–Trinajstić information content (AvgIpc) is 2.70. The van der Waals surface area contributed by atoms with Gasteiger partial charge in [-0.1, -0.05) is 18.6 Å². The fourth-order valence-corrected chi connectivity index (χ4v) is 4.00. The van der Waals surface area contributed by atoms with Crippen molar-refractivity contribution < 1.29 is 14.3 Å². The molecule has 2 saturated heterocycles. The standard InChI is InChI=1S/C21H31N3O3/c1-2-27-20(25)18-8-4-5-9-19(18)22-21(26)24-14-10-17(11-15-24)16-23-12-6-3-7-13-23/h4-5,8-9,17H,2-3,6-7,10-16H2,1H3,(H,22,26). The number of carbonyl (C=O) groups is 2. The van der Waals surface area contributed by atoms with Gasteiger partial charge in [0.2, 0.25) is 0 Å². The molecule has 1 N–H and O–H groups in total. The zero-order valence-electron chi connectivity index (χ0n) is 16.3. The summed E-state index contributed by atoms with van der Waals surface area (Å²) in [5, 5.41) is 2.89. The number of urea groups is 1. The first-order valence-corrected chi connectivity index (χ1v) is 10.2. The number of esters is 1. The predicted octanol–water partition coefficient (Wildman–Crippen LogP) is 3.59. The molecule has 2 aliphatic rings. The molecule has 0 unspecified atom stereocenters.